The molecule has 1 aliphatic carbocycles. The SMILES string of the molecule is CC(C)(C)[Si](C)(C)O[C@@H]1C[C@H](OC2CCCCO2)[C@H](/C(=C\CCOc2ccc(Cl)cc2)OC2CCCCO2)[C@@H]1CC=O. The van der Waals surface area contributed by atoms with Gasteiger partial charge in [0.15, 0.2) is 20.9 Å². The first-order valence-corrected chi connectivity index (χ1v) is 19.1. The highest BCUT2D eigenvalue weighted by Gasteiger charge is 2.51. The van der Waals surface area contributed by atoms with Gasteiger partial charge in [0.25, 0.3) is 0 Å². The van der Waals surface area contributed by atoms with Gasteiger partial charge in [0.1, 0.15) is 17.8 Å². The second-order valence-corrected chi connectivity index (χ2v) is 18.5. The summed E-state index contributed by atoms with van der Waals surface area (Å²) in [4.78, 5) is 12.1. The highest BCUT2D eigenvalue weighted by Crippen LogP contribution is 2.47. The van der Waals surface area contributed by atoms with Crippen LogP contribution in [0, 0.1) is 11.8 Å². The van der Waals surface area contributed by atoms with Crippen molar-refractivity contribution in [3.8, 4) is 5.75 Å². The minimum atomic E-state index is -2.12. The van der Waals surface area contributed by atoms with Crippen molar-refractivity contribution >= 4 is 26.2 Å². The number of rotatable bonds is 13. The topological polar surface area (TPSA) is 72.5 Å². The molecule has 2 heterocycles. The van der Waals surface area contributed by atoms with Crippen LogP contribution in [0.25, 0.3) is 0 Å². The van der Waals surface area contributed by atoms with Crippen LogP contribution in [0.3, 0.4) is 0 Å². The second-order valence-electron chi connectivity index (χ2n) is 13.3. The van der Waals surface area contributed by atoms with Gasteiger partial charge >= 0.3 is 0 Å². The molecule has 3 aliphatic rings. The summed E-state index contributed by atoms with van der Waals surface area (Å²) in [6.07, 6.45) is 9.93. The van der Waals surface area contributed by atoms with E-state index in [1.165, 1.54) is 0 Å². The van der Waals surface area contributed by atoms with E-state index >= 15 is 0 Å². The standard InChI is InChI=1S/C33H51ClO7Si/c1-33(2,3)42(4,5)41-28-23-29(40-31-13-7-9-21-38-31)32(26(28)18-19-35)27(39-30-12-6-8-20-37-30)11-10-22-36-25-16-14-24(34)15-17-25/h11,14-17,19,26,28-32H,6-10,12-13,18,20-23H2,1-5H3/b27-11+/t26-,28-,29+,30?,31?,32+/m1/s1. The van der Waals surface area contributed by atoms with Crippen LogP contribution in [0.5, 0.6) is 5.75 Å². The number of carbonyl (C=O) groups is 1. The third kappa shape index (κ3) is 9.29. The Balaban J connectivity index is 1.61. The largest absolute Gasteiger partial charge is 0.493 e. The van der Waals surface area contributed by atoms with Gasteiger partial charge in [-0.3, -0.25) is 0 Å². The third-order valence-corrected chi connectivity index (χ3v) is 13.9. The van der Waals surface area contributed by atoms with E-state index in [4.69, 9.17) is 39.7 Å². The van der Waals surface area contributed by atoms with E-state index in [-0.39, 0.29) is 41.7 Å². The van der Waals surface area contributed by atoms with E-state index in [2.05, 4.69) is 39.9 Å². The molecule has 7 nitrogen and oxygen atoms in total. The number of ether oxygens (including phenoxy) is 5. The van der Waals surface area contributed by atoms with Crippen molar-refractivity contribution in [2.45, 2.75) is 121 Å². The van der Waals surface area contributed by atoms with Crippen LogP contribution < -0.4 is 4.74 Å². The van der Waals surface area contributed by atoms with E-state index in [9.17, 15) is 4.79 Å². The fourth-order valence-electron chi connectivity index (χ4n) is 5.83. The van der Waals surface area contributed by atoms with Gasteiger partial charge in [0.05, 0.1) is 25.4 Å². The molecule has 6 atom stereocenters. The molecule has 9 heteroatoms. The van der Waals surface area contributed by atoms with E-state index < -0.39 is 8.32 Å². The number of aldehydes is 1. The molecule has 1 saturated carbocycles. The molecular weight excluding hydrogens is 572 g/mol. The smallest absolute Gasteiger partial charge is 0.199 e. The first kappa shape index (κ1) is 33.5. The fourth-order valence-corrected chi connectivity index (χ4v) is 7.34. The van der Waals surface area contributed by atoms with E-state index in [1.54, 1.807) is 0 Å². The molecule has 42 heavy (non-hydrogen) atoms. The number of halogens is 1. The van der Waals surface area contributed by atoms with Crippen molar-refractivity contribution in [3.63, 3.8) is 0 Å². The first-order valence-electron chi connectivity index (χ1n) is 15.8. The van der Waals surface area contributed by atoms with Crippen LogP contribution in [0.15, 0.2) is 36.1 Å². The molecule has 236 valence electrons. The summed E-state index contributed by atoms with van der Waals surface area (Å²) in [5, 5.41) is 0.722. The molecular formula is C33H51ClO7Si. The number of hydrogen-bond donors (Lipinski definition) is 0. The molecule has 0 bridgehead atoms. The Morgan fingerprint density at radius 3 is 2.26 bits per heavy atom. The van der Waals surface area contributed by atoms with Crippen LogP contribution in [-0.2, 0) is 28.2 Å². The summed E-state index contributed by atoms with van der Waals surface area (Å²) in [5.74, 6) is 1.36. The van der Waals surface area contributed by atoms with Crippen LogP contribution >= 0.6 is 11.6 Å². The lowest BCUT2D eigenvalue weighted by Crippen LogP contribution is -2.45. The van der Waals surface area contributed by atoms with Crippen molar-refractivity contribution in [2.24, 2.45) is 11.8 Å². The molecule has 2 unspecified atom stereocenters. The van der Waals surface area contributed by atoms with Gasteiger partial charge in [-0.1, -0.05) is 32.4 Å². The lowest BCUT2D eigenvalue weighted by Gasteiger charge is -2.40. The predicted octanol–water partition coefficient (Wildman–Crippen LogP) is 8.06. The van der Waals surface area contributed by atoms with Crippen LogP contribution in [0.2, 0.25) is 23.2 Å². The Labute approximate surface area is 258 Å². The Morgan fingerprint density at radius 1 is 1.00 bits per heavy atom. The molecule has 2 aliphatic heterocycles. The van der Waals surface area contributed by atoms with Crippen molar-refractivity contribution in [1.29, 1.82) is 0 Å². The van der Waals surface area contributed by atoms with Gasteiger partial charge in [0, 0.05) is 42.7 Å². The highest BCUT2D eigenvalue weighted by molar-refractivity contribution is 6.74. The number of benzene rings is 1. The summed E-state index contributed by atoms with van der Waals surface area (Å²) < 4.78 is 38.4. The molecule has 1 aromatic carbocycles. The molecule has 0 radical (unpaired) electrons. The molecule has 0 amide bonds. The Kier molecular flexibility index (Phi) is 12.4. The van der Waals surface area contributed by atoms with Crippen LogP contribution in [0.1, 0.15) is 78.6 Å². The lowest BCUT2D eigenvalue weighted by molar-refractivity contribution is -0.201. The number of hydrogen-bond acceptors (Lipinski definition) is 7. The average Bonchev–Trinajstić information content (AvgIpc) is 3.27. The van der Waals surface area contributed by atoms with Gasteiger partial charge in [-0.2, -0.15) is 0 Å². The maximum absolute atomic E-state index is 12.1. The normalized spacial score (nSPS) is 29.3. The van der Waals surface area contributed by atoms with Gasteiger partial charge in [0.2, 0.25) is 0 Å². The summed E-state index contributed by atoms with van der Waals surface area (Å²) in [6, 6.07) is 7.38. The van der Waals surface area contributed by atoms with Crippen LogP contribution in [-0.4, -0.2) is 59.2 Å². The van der Waals surface area contributed by atoms with Crippen molar-refractivity contribution in [2.75, 3.05) is 19.8 Å². The lowest BCUT2D eigenvalue weighted by atomic mass is 9.88. The van der Waals surface area contributed by atoms with Crippen molar-refractivity contribution < 1.29 is 32.9 Å². The number of carbonyl (C=O) groups excluding carboxylic acids is 1. The Morgan fingerprint density at radius 2 is 1.67 bits per heavy atom. The summed E-state index contributed by atoms with van der Waals surface area (Å²) in [7, 11) is -2.12. The summed E-state index contributed by atoms with van der Waals surface area (Å²) >= 11 is 6.03. The first-order chi connectivity index (χ1) is 20.1. The van der Waals surface area contributed by atoms with Crippen LogP contribution in [0.4, 0.5) is 0 Å². The molecule has 3 fully saturated rings. The maximum atomic E-state index is 12.1. The fraction of sp³-hybridized carbons (Fsp3) is 0.727. The van der Waals surface area contributed by atoms with Gasteiger partial charge < -0.3 is 32.9 Å². The molecule has 0 spiro atoms. The molecule has 4 rings (SSSR count). The molecule has 2 saturated heterocycles. The third-order valence-electron chi connectivity index (χ3n) is 9.17. The zero-order chi connectivity index (χ0) is 30.2. The maximum Gasteiger partial charge on any atom is 0.199 e. The van der Waals surface area contributed by atoms with E-state index in [0.29, 0.717) is 44.1 Å². The Bertz CT molecular complexity index is 997. The van der Waals surface area contributed by atoms with E-state index in [1.807, 2.05) is 24.3 Å². The minimum absolute atomic E-state index is 0.0454. The highest BCUT2D eigenvalue weighted by atomic mass is 35.5. The summed E-state index contributed by atoms with van der Waals surface area (Å²) in [5.41, 5.74) is 0. The van der Waals surface area contributed by atoms with E-state index in [0.717, 1.165) is 56.3 Å². The van der Waals surface area contributed by atoms with Gasteiger partial charge in [-0.15, -0.1) is 0 Å². The average molecular weight is 623 g/mol. The monoisotopic (exact) mass is 622 g/mol. The van der Waals surface area contributed by atoms with Crippen molar-refractivity contribution in [1.82, 2.24) is 0 Å². The predicted molar refractivity (Wildman–Crippen MR) is 167 cm³/mol. The van der Waals surface area contributed by atoms with Gasteiger partial charge in [-0.25, -0.2) is 0 Å². The zero-order valence-electron chi connectivity index (χ0n) is 26.1. The summed E-state index contributed by atoms with van der Waals surface area (Å²) in [6.45, 7) is 13.2. The minimum Gasteiger partial charge on any atom is -0.493 e. The molecule has 0 N–H and O–H groups in total. The van der Waals surface area contributed by atoms with Crippen molar-refractivity contribution in [3.05, 3.63) is 41.1 Å². The van der Waals surface area contributed by atoms with Gasteiger partial charge in [-0.05, 0) is 87.0 Å². The molecule has 0 aromatic heterocycles. The molecule has 1 aromatic rings. The quantitative estimate of drug-likeness (QED) is 0.0953. The Hall–Kier alpha value is -1.42. The second kappa shape index (κ2) is 15.5. The zero-order valence-corrected chi connectivity index (χ0v) is 27.9.